The number of anilines is 1. The van der Waals surface area contributed by atoms with E-state index in [0.717, 1.165) is 21.9 Å². The van der Waals surface area contributed by atoms with Crippen molar-refractivity contribution in [2.24, 2.45) is 0 Å². The van der Waals surface area contributed by atoms with E-state index in [1.807, 2.05) is 36.9 Å². The lowest BCUT2D eigenvalue weighted by Crippen LogP contribution is -2.24. The van der Waals surface area contributed by atoms with Crippen LogP contribution < -0.4 is 4.90 Å². The molecular weight excluding hydrogens is 371 g/mol. The van der Waals surface area contributed by atoms with Crippen LogP contribution in [0.5, 0.6) is 0 Å². The quantitative estimate of drug-likeness (QED) is 0.604. The van der Waals surface area contributed by atoms with Gasteiger partial charge in [-0.15, -0.1) is 0 Å². The summed E-state index contributed by atoms with van der Waals surface area (Å²) in [4.78, 5) is 18.1. The molecule has 0 aliphatic carbocycles. The number of pyridine rings is 1. The van der Waals surface area contributed by atoms with E-state index in [1.54, 1.807) is 24.5 Å². The Hall–Kier alpha value is -2.30. The fraction of sp³-hybridized carbons (Fsp3) is 0.200. The standard InChI is InChI=1S/C20H18Cl2N2O2/c1-3-24(4-2)19-16(20(25)26)6-5-15-17(10-23-11-18(15)19)12-7-13(21)9-14(22)8-12/h5-11H,3-4H2,1-2H3,(H,25,26). The number of nitrogens with zero attached hydrogens (tertiary/aromatic N) is 2. The molecule has 3 rings (SSSR count). The highest BCUT2D eigenvalue weighted by Gasteiger charge is 2.19. The van der Waals surface area contributed by atoms with E-state index in [2.05, 4.69) is 4.98 Å². The Balaban J connectivity index is 2.35. The number of fused-ring (bicyclic) bond motifs is 1. The highest BCUT2D eigenvalue weighted by molar-refractivity contribution is 6.35. The van der Waals surface area contributed by atoms with Gasteiger partial charge in [-0.2, -0.15) is 0 Å². The molecule has 0 amide bonds. The van der Waals surface area contributed by atoms with E-state index in [1.165, 1.54) is 0 Å². The van der Waals surface area contributed by atoms with Crippen LogP contribution in [0.3, 0.4) is 0 Å². The lowest BCUT2D eigenvalue weighted by atomic mass is 9.97. The molecule has 0 radical (unpaired) electrons. The molecule has 3 aromatic rings. The molecule has 0 atom stereocenters. The van der Waals surface area contributed by atoms with E-state index in [9.17, 15) is 9.90 Å². The Bertz CT molecular complexity index is 965. The molecule has 6 heteroatoms. The lowest BCUT2D eigenvalue weighted by Gasteiger charge is -2.25. The van der Waals surface area contributed by atoms with Gasteiger partial charge in [0.05, 0.1) is 11.3 Å². The van der Waals surface area contributed by atoms with Crippen molar-refractivity contribution >= 4 is 45.6 Å². The molecule has 0 aliphatic heterocycles. The maximum Gasteiger partial charge on any atom is 0.337 e. The number of halogens is 2. The van der Waals surface area contributed by atoms with Gasteiger partial charge in [-0.05, 0) is 49.1 Å². The third-order valence-electron chi connectivity index (χ3n) is 4.40. The Morgan fingerprint density at radius 2 is 1.69 bits per heavy atom. The topological polar surface area (TPSA) is 53.4 Å². The molecule has 0 unspecified atom stereocenters. The number of carbonyl (C=O) groups is 1. The second-order valence-electron chi connectivity index (χ2n) is 5.88. The van der Waals surface area contributed by atoms with Crippen LogP contribution >= 0.6 is 23.2 Å². The Kier molecular flexibility index (Phi) is 5.35. The first kappa shape index (κ1) is 18.5. The molecule has 1 aromatic heterocycles. The van der Waals surface area contributed by atoms with E-state index in [-0.39, 0.29) is 5.56 Å². The van der Waals surface area contributed by atoms with Gasteiger partial charge in [0.1, 0.15) is 0 Å². The van der Waals surface area contributed by atoms with Crippen LogP contribution in [-0.4, -0.2) is 29.1 Å². The van der Waals surface area contributed by atoms with Gasteiger partial charge in [-0.1, -0.05) is 29.3 Å². The van der Waals surface area contributed by atoms with Crippen LogP contribution in [0.1, 0.15) is 24.2 Å². The van der Waals surface area contributed by atoms with Crippen molar-refractivity contribution in [3.05, 3.63) is 58.3 Å². The maximum atomic E-state index is 11.8. The zero-order valence-corrected chi connectivity index (χ0v) is 16.0. The molecular formula is C20H18Cl2N2O2. The highest BCUT2D eigenvalue weighted by Crippen LogP contribution is 2.37. The number of hydrogen-bond acceptors (Lipinski definition) is 3. The second-order valence-corrected chi connectivity index (χ2v) is 6.75. The first-order chi connectivity index (χ1) is 12.5. The molecule has 134 valence electrons. The summed E-state index contributed by atoms with van der Waals surface area (Å²) in [6.45, 7) is 5.40. The minimum absolute atomic E-state index is 0.268. The lowest BCUT2D eigenvalue weighted by molar-refractivity contribution is 0.0697. The third-order valence-corrected chi connectivity index (χ3v) is 4.83. The number of aromatic carboxylic acids is 1. The summed E-state index contributed by atoms with van der Waals surface area (Å²) < 4.78 is 0. The fourth-order valence-corrected chi connectivity index (χ4v) is 3.75. The number of rotatable bonds is 5. The Labute approximate surface area is 162 Å². The summed E-state index contributed by atoms with van der Waals surface area (Å²) in [5.74, 6) is -0.954. The van der Waals surface area contributed by atoms with Crippen molar-refractivity contribution in [3.63, 3.8) is 0 Å². The van der Waals surface area contributed by atoms with Crippen LogP contribution in [0.15, 0.2) is 42.7 Å². The summed E-state index contributed by atoms with van der Waals surface area (Å²) in [5.41, 5.74) is 2.65. The molecule has 2 aromatic carbocycles. The van der Waals surface area contributed by atoms with Crippen LogP contribution in [0, 0.1) is 0 Å². The van der Waals surface area contributed by atoms with Crippen LogP contribution in [0.25, 0.3) is 21.9 Å². The average molecular weight is 389 g/mol. The first-order valence-electron chi connectivity index (χ1n) is 8.31. The predicted molar refractivity (Wildman–Crippen MR) is 108 cm³/mol. The maximum absolute atomic E-state index is 11.8. The molecule has 0 saturated carbocycles. The molecule has 26 heavy (non-hydrogen) atoms. The SMILES string of the molecule is CCN(CC)c1c(C(=O)O)ccc2c(-c3cc(Cl)cc(Cl)c3)cncc12. The smallest absolute Gasteiger partial charge is 0.337 e. The van der Waals surface area contributed by atoms with Gasteiger partial charge in [0, 0.05) is 46.5 Å². The highest BCUT2D eigenvalue weighted by atomic mass is 35.5. The molecule has 0 aliphatic rings. The van der Waals surface area contributed by atoms with Gasteiger partial charge in [0.15, 0.2) is 0 Å². The summed E-state index contributed by atoms with van der Waals surface area (Å²) in [6, 6.07) is 8.79. The summed E-state index contributed by atoms with van der Waals surface area (Å²) >= 11 is 12.3. The predicted octanol–water partition coefficient (Wildman–Crippen LogP) is 5.75. The molecule has 1 heterocycles. The number of carboxylic acids is 1. The van der Waals surface area contributed by atoms with Crippen LogP contribution in [0.2, 0.25) is 10.0 Å². The van der Waals surface area contributed by atoms with Gasteiger partial charge >= 0.3 is 5.97 Å². The molecule has 0 bridgehead atoms. The van der Waals surface area contributed by atoms with Crippen molar-refractivity contribution in [1.82, 2.24) is 4.98 Å². The van der Waals surface area contributed by atoms with E-state index >= 15 is 0 Å². The van der Waals surface area contributed by atoms with Gasteiger partial charge in [-0.3, -0.25) is 4.98 Å². The third kappa shape index (κ3) is 3.35. The van der Waals surface area contributed by atoms with Gasteiger partial charge in [0.25, 0.3) is 0 Å². The first-order valence-corrected chi connectivity index (χ1v) is 9.07. The van der Waals surface area contributed by atoms with Gasteiger partial charge in [0.2, 0.25) is 0 Å². The largest absolute Gasteiger partial charge is 0.478 e. The van der Waals surface area contributed by atoms with Crippen LogP contribution in [0.4, 0.5) is 5.69 Å². The number of hydrogen-bond donors (Lipinski definition) is 1. The van der Waals surface area contributed by atoms with Crippen molar-refractivity contribution < 1.29 is 9.90 Å². The number of benzene rings is 2. The number of carboxylic acid groups (broad SMARTS) is 1. The molecule has 4 nitrogen and oxygen atoms in total. The van der Waals surface area contributed by atoms with E-state index < -0.39 is 5.97 Å². The number of aromatic nitrogens is 1. The zero-order valence-electron chi connectivity index (χ0n) is 14.5. The normalized spacial score (nSPS) is 10.9. The average Bonchev–Trinajstić information content (AvgIpc) is 2.61. The summed E-state index contributed by atoms with van der Waals surface area (Å²) in [6.07, 6.45) is 3.46. The van der Waals surface area contributed by atoms with Crippen molar-refractivity contribution in [1.29, 1.82) is 0 Å². The molecule has 0 saturated heterocycles. The summed E-state index contributed by atoms with van der Waals surface area (Å²) in [7, 11) is 0. The molecule has 0 fully saturated rings. The second kappa shape index (κ2) is 7.52. The van der Waals surface area contributed by atoms with Crippen molar-refractivity contribution in [2.45, 2.75) is 13.8 Å². The van der Waals surface area contributed by atoms with E-state index in [0.29, 0.717) is 28.8 Å². The summed E-state index contributed by atoms with van der Waals surface area (Å²) in [5, 5.41) is 12.4. The van der Waals surface area contributed by atoms with Crippen molar-refractivity contribution in [2.75, 3.05) is 18.0 Å². The Morgan fingerprint density at radius 1 is 1.04 bits per heavy atom. The minimum atomic E-state index is -0.954. The Morgan fingerprint density at radius 3 is 2.27 bits per heavy atom. The van der Waals surface area contributed by atoms with E-state index in [4.69, 9.17) is 23.2 Å². The van der Waals surface area contributed by atoms with Crippen molar-refractivity contribution in [3.8, 4) is 11.1 Å². The van der Waals surface area contributed by atoms with Crippen LogP contribution in [-0.2, 0) is 0 Å². The van der Waals surface area contributed by atoms with Gasteiger partial charge < -0.3 is 10.0 Å². The van der Waals surface area contributed by atoms with Gasteiger partial charge in [-0.25, -0.2) is 4.79 Å². The zero-order chi connectivity index (χ0) is 18.8. The molecule has 0 spiro atoms. The minimum Gasteiger partial charge on any atom is -0.478 e. The molecule has 1 N–H and O–H groups in total. The monoisotopic (exact) mass is 388 g/mol. The fourth-order valence-electron chi connectivity index (χ4n) is 3.22.